The summed E-state index contributed by atoms with van der Waals surface area (Å²) in [6.07, 6.45) is -2.70. The number of thioether (sulfide) groups is 1. The highest BCUT2D eigenvalue weighted by molar-refractivity contribution is 8.14. The number of aliphatic hydroxyl groups is 3. The summed E-state index contributed by atoms with van der Waals surface area (Å²) in [6.45, 7) is 2.69. The summed E-state index contributed by atoms with van der Waals surface area (Å²) in [6, 6.07) is 9.35. The summed E-state index contributed by atoms with van der Waals surface area (Å²) in [7, 11) is 0. The van der Waals surface area contributed by atoms with Gasteiger partial charge in [-0.25, -0.2) is 0 Å². The number of benzene rings is 1. The van der Waals surface area contributed by atoms with Crippen molar-refractivity contribution in [2.75, 3.05) is 6.54 Å². The number of ether oxygens (including phenoxy) is 1. The van der Waals surface area contributed by atoms with E-state index in [0.717, 1.165) is 12.1 Å². The number of nitrogens with one attached hydrogen (secondary N) is 1. The first-order valence-corrected chi connectivity index (χ1v) is 9.20. The number of fused-ring (bicyclic) bond motifs is 1. The molecular formula is C17H24N2O4S. The van der Waals surface area contributed by atoms with Crippen molar-refractivity contribution in [2.24, 2.45) is 4.99 Å². The van der Waals surface area contributed by atoms with Crippen LogP contribution < -0.4 is 5.32 Å². The van der Waals surface area contributed by atoms with E-state index in [2.05, 4.69) is 10.3 Å². The van der Waals surface area contributed by atoms with Gasteiger partial charge in [-0.2, -0.15) is 0 Å². The molecule has 4 N–H and O–H groups in total. The van der Waals surface area contributed by atoms with Gasteiger partial charge in [-0.05, 0) is 25.3 Å². The van der Waals surface area contributed by atoms with Crippen LogP contribution in [-0.2, 0) is 11.2 Å². The summed E-state index contributed by atoms with van der Waals surface area (Å²) in [4.78, 5) is 4.37. The molecular weight excluding hydrogens is 328 g/mol. The van der Waals surface area contributed by atoms with Gasteiger partial charge in [0.2, 0.25) is 0 Å². The molecule has 1 unspecified atom stereocenters. The van der Waals surface area contributed by atoms with Crippen molar-refractivity contribution in [1.82, 2.24) is 5.32 Å². The molecule has 0 spiro atoms. The normalized spacial score (nSPS) is 33.7. The molecule has 0 saturated carbocycles. The van der Waals surface area contributed by atoms with Crippen LogP contribution in [0.2, 0.25) is 0 Å². The monoisotopic (exact) mass is 352 g/mol. The number of hydrogen-bond acceptors (Lipinski definition) is 7. The SMILES string of the molecule is CCNC1=N[C@@H]2[C@@H](O)[C@H](O)[C@@H](C(O)CCc3ccccc3)O[C@@H]2S1. The summed E-state index contributed by atoms with van der Waals surface area (Å²) < 4.78 is 5.87. The molecule has 3 rings (SSSR count). The van der Waals surface area contributed by atoms with Gasteiger partial charge in [0.1, 0.15) is 29.8 Å². The van der Waals surface area contributed by atoms with E-state index in [-0.39, 0.29) is 5.44 Å². The third-order valence-corrected chi connectivity index (χ3v) is 5.47. The molecule has 2 aliphatic heterocycles. The fourth-order valence-corrected chi connectivity index (χ4v) is 4.24. The zero-order valence-corrected chi connectivity index (χ0v) is 14.4. The predicted molar refractivity (Wildman–Crippen MR) is 93.9 cm³/mol. The maximum Gasteiger partial charge on any atom is 0.159 e. The lowest BCUT2D eigenvalue weighted by atomic mass is 9.92. The molecule has 0 radical (unpaired) electrons. The quantitative estimate of drug-likeness (QED) is 0.617. The fraction of sp³-hybridized carbons (Fsp3) is 0.588. The van der Waals surface area contributed by atoms with E-state index in [1.165, 1.54) is 11.8 Å². The second-order valence-electron chi connectivity index (χ2n) is 6.11. The molecule has 0 amide bonds. The summed E-state index contributed by atoms with van der Waals surface area (Å²) in [5.41, 5.74) is 0.738. The molecule has 7 heteroatoms. The largest absolute Gasteiger partial charge is 0.390 e. The Bertz CT molecular complexity index is 571. The predicted octanol–water partition coefficient (Wildman–Crippen LogP) is 0.508. The van der Waals surface area contributed by atoms with Gasteiger partial charge >= 0.3 is 0 Å². The molecule has 2 heterocycles. The Morgan fingerprint density at radius 1 is 1.25 bits per heavy atom. The van der Waals surface area contributed by atoms with Crippen molar-refractivity contribution in [1.29, 1.82) is 0 Å². The number of aliphatic imine (C=N–C) groups is 1. The summed E-state index contributed by atoms with van der Waals surface area (Å²) in [5, 5.41) is 34.9. The van der Waals surface area contributed by atoms with Gasteiger partial charge in [-0.3, -0.25) is 4.99 Å². The van der Waals surface area contributed by atoms with E-state index < -0.39 is 30.5 Å². The van der Waals surface area contributed by atoms with E-state index in [4.69, 9.17) is 4.74 Å². The van der Waals surface area contributed by atoms with Crippen LogP contribution in [0.1, 0.15) is 18.9 Å². The van der Waals surface area contributed by atoms with Gasteiger partial charge in [-0.15, -0.1) is 0 Å². The van der Waals surface area contributed by atoms with Gasteiger partial charge < -0.3 is 25.4 Å². The average molecular weight is 352 g/mol. The van der Waals surface area contributed by atoms with Crippen molar-refractivity contribution < 1.29 is 20.1 Å². The molecule has 1 saturated heterocycles. The Morgan fingerprint density at radius 2 is 2.00 bits per heavy atom. The lowest BCUT2D eigenvalue weighted by molar-refractivity contribution is -0.185. The zero-order valence-electron chi connectivity index (χ0n) is 13.6. The second-order valence-corrected chi connectivity index (χ2v) is 7.20. The molecule has 132 valence electrons. The van der Waals surface area contributed by atoms with Crippen LogP contribution in [0.25, 0.3) is 0 Å². The number of rotatable bonds is 5. The first kappa shape index (κ1) is 17.7. The number of aliphatic hydroxyl groups excluding tert-OH is 3. The molecule has 6 nitrogen and oxygen atoms in total. The third-order valence-electron chi connectivity index (χ3n) is 4.38. The molecule has 2 aliphatic rings. The minimum atomic E-state index is -1.15. The molecule has 0 aliphatic carbocycles. The average Bonchev–Trinajstić information content (AvgIpc) is 3.00. The summed E-state index contributed by atoms with van der Waals surface area (Å²) in [5.74, 6) is 0. The van der Waals surface area contributed by atoms with Crippen LogP contribution in [0.15, 0.2) is 35.3 Å². The highest BCUT2D eigenvalue weighted by Crippen LogP contribution is 2.37. The maximum absolute atomic E-state index is 10.5. The molecule has 1 aromatic carbocycles. The first-order valence-electron chi connectivity index (χ1n) is 8.32. The molecule has 24 heavy (non-hydrogen) atoms. The fourth-order valence-electron chi connectivity index (χ4n) is 3.06. The van der Waals surface area contributed by atoms with Crippen LogP contribution in [0.5, 0.6) is 0 Å². The number of aryl methyl sites for hydroxylation is 1. The van der Waals surface area contributed by atoms with Gasteiger partial charge in [-0.1, -0.05) is 42.1 Å². The standard InChI is InChI=1S/C17H24N2O4S/c1-2-18-17-19-12-13(21)14(22)15(23-16(12)24-17)11(20)9-8-10-6-4-3-5-7-10/h3-7,11-16,20-22H,2,8-9H2,1H3,(H,18,19)/t11?,12-,13-,14+,15-,16-/m1/s1. The van der Waals surface area contributed by atoms with Crippen LogP contribution in [-0.4, -0.2) is 62.9 Å². The lowest BCUT2D eigenvalue weighted by Gasteiger charge is -2.40. The van der Waals surface area contributed by atoms with Crippen LogP contribution >= 0.6 is 11.8 Å². The van der Waals surface area contributed by atoms with E-state index in [0.29, 0.717) is 18.0 Å². The van der Waals surface area contributed by atoms with E-state index in [1.807, 2.05) is 37.3 Å². The molecule has 6 atom stereocenters. The minimum Gasteiger partial charge on any atom is -0.390 e. The van der Waals surface area contributed by atoms with E-state index in [1.54, 1.807) is 0 Å². The number of amidine groups is 1. The van der Waals surface area contributed by atoms with Crippen molar-refractivity contribution in [3.05, 3.63) is 35.9 Å². The Hall–Kier alpha value is -1.12. The van der Waals surface area contributed by atoms with Crippen LogP contribution in [0.4, 0.5) is 0 Å². The Balaban J connectivity index is 1.60. The smallest absolute Gasteiger partial charge is 0.159 e. The lowest BCUT2D eigenvalue weighted by Crippen LogP contribution is -2.58. The second kappa shape index (κ2) is 7.84. The van der Waals surface area contributed by atoms with Crippen LogP contribution in [0.3, 0.4) is 0 Å². The van der Waals surface area contributed by atoms with Gasteiger partial charge in [0.25, 0.3) is 0 Å². The Morgan fingerprint density at radius 3 is 2.71 bits per heavy atom. The van der Waals surface area contributed by atoms with Gasteiger partial charge in [0.05, 0.1) is 6.10 Å². The van der Waals surface area contributed by atoms with Crippen molar-refractivity contribution in [3.8, 4) is 0 Å². The van der Waals surface area contributed by atoms with Gasteiger partial charge in [0.15, 0.2) is 5.17 Å². The Labute approximate surface area is 145 Å². The number of hydrogen-bond donors (Lipinski definition) is 4. The molecule has 1 fully saturated rings. The maximum atomic E-state index is 10.5. The van der Waals surface area contributed by atoms with Crippen molar-refractivity contribution >= 4 is 16.9 Å². The van der Waals surface area contributed by atoms with Crippen LogP contribution in [0, 0.1) is 0 Å². The zero-order chi connectivity index (χ0) is 17.1. The number of nitrogens with zero attached hydrogens (tertiary/aromatic N) is 1. The van der Waals surface area contributed by atoms with Gasteiger partial charge in [0, 0.05) is 6.54 Å². The first-order chi connectivity index (χ1) is 11.6. The highest BCUT2D eigenvalue weighted by Gasteiger charge is 2.49. The summed E-state index contributed by atoms with van der Waals surface area (Å²) >= 11 is 1.40. The topological polar surface area (TPSA) is 94.3 Å². The van der Waals surface area contributed by atoms with Crippen molar-refractivity contribution in [2.45, 2.75) is 55.7 Å². The molecule has 1 aromatic rings. The van der Waals surface area contributed by atoms with Crippen molar-refractivity contribution in [3.63, 3.8) is 0 Å². The third kappa shape index (κ3) is 3.75. The molecule has 0 aromatic heterocycles. The minimum absolute atomic E-state index is 0.381. The van der Waals surface area contributed by atoms with E-state index >= 15 is 0 Å². The van der Waals surface area contributed by atoms with E-state index in [9.17, 15) is 15.3 Å². The Kier molecular flexibility index (Phi) is 5.78. The molecule has 0 bridgehead atoms. The highest BCUT2D eigenvalue weighted by atomic mass is 32.2.